The van der Waals surface area contributed by atoms with Gasteiger partial charge >= 0.3 is 0 Å². The molecule has 0 radical (unpaired) electrons. The van der Waals surface area contributed by atoms with Gasteiger partial charge in [0.15, 0.2) is 0 Å². The second-order valence-electron chi connectivity index (χ2n) is 4.52. The fourth-order valence-electron chi connectivity index (χ4n) is 1.60. The van der Waals surface area contributed by atoms with Crippen molar-refractivity contribution in [2.24, 2.45) is 5.73 Å². The Morgan fingerprint density at radius 3 is 2.72 bits per heavy atom. The number of nitrogens with two attached hydrogens (primary N) is 1. The van der Waals surface area contributed by atoms with E-state index in [-0.39, 0.29) is 17.1 Å². The molecule has 2 aromatic rings. The predicted octanol–water partition coefficient (Wildman–Crippen LogP) is 2.50. The van der Waals surface area contributed by atoms with Crippen LogP contribution in [0.15, 0.2) is 28.8 Å². The van der Waals surface area contributed by atoms with Gasteiger partial charge in [-0.15, -0.1) is 0 Å². The van der Waals surface area contributed by atoms with Crippen LogP contribution < -0.4 is 5.73 Å². The van der Waals surface area contributed by atoms with Crippen molar-refractivity contribution in [1.29, 1.82) is 0 Å². The molecule has 1 unspecified atom stereocenters. The number of nitrogens with zero attached hydrogens (tertiary/aromatic N) is 2. The Labute approximate surface area is 105 Å². The second kappa shape index (κ2) is 4.86. The Morgan fingerprint density at radius 1 is 1.39 bits per heavy atom. The summed E-state index contributed by atoms with van der Waals surface area (Å²) < 4.78 is 18.8. The summed E-state index contributed by atoms with van der Waals surface area (Å²) in [4.78, 5) is 4.26. The first kappa shape index (κ1) is 12.7. The maximum absolute atomic E-state index is 13.6. The molecule has 0 saturated heterocycles. The van der Waals surface area contributed by atoms with Crippen molar-refractivity contribution >= 4 is 0 Å². The zero-order valence-corrected chi connectivity index (χ0v) is 10.5. The molecule has 0 fully saturated rings. The van der Waals surface area contributed by atoms with Crippen molar-refractivity contribution in [2.45, 2.75) is 25.7 Å². The Balaban J connectivity index is 2.40. The number of halogens is 1. The lowest BCUT2D eigenvalue weighted by Gasteiger charge is -2.20. The van der Waals surface area contributed by atoms with Gasteiger partial charge in [0, 0.05) is 6.54 Å². The standard InChI is InChI=1S/C13H16FN3O/c1-3-13(2,8-15)12-16-11(17-18-12)9-6-4-5-7-10(9)14/h4-7H,3,8,15H2,1-2H3. The molecule has 0 aliphatic heterocycles. The number of hydrogen-bond donors (Lipinski definition) is 1. The zero-order chi connectivity index (χ0) is 13.2. The highest BCUT2D eigenvalue weighted by atomic mass is 19.1. The lowest BCUT2D eigenvalue weighted by molar-refractivity contribution is 0.291. The van der Waals surface area contributed by atoms with Crippen molar-refractivity contribution in [3.63, 3.8) is 0 Å². The molecule has 0 bridgehead atoms. The summed E-state index contributed by atoms with van der Waals surface area (Å²) in [5, 5.41) is 3.83. The summed E-state index contributed by atoms with van der Waals surface area (Å²) in [7, 11) is 0. The lowest BCUT2D eigenvalue weighted by Crippen LogP contribution is -2.31. The van der Waals surface area contributed by atoms with Crippen molar-refractivity contribution in [3.8, 4) is 11.4 Å². The molecule has 2 rings (SSSR count). The number of rotatable bonds is 4. The molecule has 0 amide bonds. The highest BCUT2D eigenvalue weighted by molar-refractivity contribution is 5.54. The van der Waals surface area contributed by atoms with Crippen LogP contribution in [-0.4, -0.2) is 16.7 Å². The van der Waals surface area contributed by atoms with E-state index in [2.05, 4.69) is 10.1 Å². The van der Waals surface area contributed by atoms with Gasteiger partial charge in [0.2, 0.25) is 11.7 Å². The minimum atomic E-state index is -0.365. The molecule has 1 atom stereocenters. The third kappa shape index (κ3) is 2.13. The summed E-state index contributed by atoms with van der Waals surface area (Å²) in [5.74, 6) is 0.345. The topological polar surface area (TPSA) is 64.9 Å². The van der Waals surface area contributed by atoms with Gasteiger partial charge in [-0.1, -0.05) is 24.2 Å². The van der Waals surface area contributed by atoms with Gasteiger partial charge in [0.05, 0.1) is 11.0 Å². The van der Waals surface area contributed by atoms with E-state index in [1.807, 2.05) is 13.8 Å². The van der Waals surface area contributed by atoms with E-state index in [9.17, 15) is 4.39 Å². The van der Waals surface area contributed by atoms with Crippen LogP contribution in [0.25, 0.3) is 11.4 Å². The van der Waals surface area contributed by atoms with Crippen LogP contribution in [0, 0.1) is 5.82 Å². The molecule has 2 N–H and O–H groups in total. The Kier molecular flexibility index (Phi) is 3.43. The molecule has 1 aromatic heterocycles. The molecular formula is C13H16FN3O. The monoisotopic (exact) mass is 249 g/mol. The van der Waals surface area contributed by atoms with E-state index in [1.165, 1.54) is 6.07 Å². The van der Waals surface area contributed by atoms with Crippen LogP contribution in [0.2, 0.25) is 0 Å². The van der Waals surface area contributed by atoms with E-state index in [0.717, 1.165) is 6.42 Å². The van der Waals surface area contributed by atoms with Gasteiger partial charge < -0.3 is 10.3 Å². The predicted molar refractivity (Wildman–Crippen MR) is 66.4 cm³/mol. The smallest absolute Gasteiger partial charge is 0.234 e. The van der Waals surface area contributed by atoms with Crippen LogP contribution in [0.4, 0.5) is 4.39 Å². The van der Waals surface area contributed by atoms with E-state index >= 15 is 0 Å². The minimum Gasteiger partial charge on any atom is -0.338 e. The maximum atomic E-state index is 13.6. The summed E-state index contributed by atoms with van der Waals surface area (Å²) in [6, 6.07) is 6.34. The molecule has 96 valence electrons. The first-order chi connectivity index (χ1) is 8.60. The summed E-state index contributed by atoms with van der Waals surface area (Å²) in [5.41, 5.74) is 5.70. The third-order valence-electron chi connectivity index (χ3n) is 3.29. The van der Waals surface area contributed by atoms with Gasteiger partial charge in [-0.3, -0.25) is 0 Å². The fraction of sp³-hybridized carbons (Fsp3) is 0.385. The highest BCUT2D eigenvalue weighted by Crippen LogP contribution is 2.27. The molecule has 0 aliphatic carbocycles. The van der Waals surface area contributed by atoms with Gasteiger partial charge in [-0.25, -0.2) is 4.39 Å². The quantitative estimate of drug-likeness (QED) is 0.904. The SMILES string of the molecule is CCC(C)(CN)c1nc(-c2ccccc2F)no1. The zero-order valence-electron chi connectivity index (χ0n) is 10.5. The maximum Gasteiger partial charge on any atom is 0.234 e. The van der Waals surface area contributed by atoms with Gasteiger partial charge in [-0.2, -0.15) is 4.98 Å². The molecular weight excluding hydrogens is 233 g/mol. The van der Waals surface area contributed by atoms with Gasteiger partial charge in [0.25, 0.3) is 0 Å². The van der Waals surface area contributed by atoms with E-state index in [4.69, 9.17) is 10.3 Å². The average molecular weight is 249 g/mol. The molecule has 1 heterocycles. The summed E-state index contributed by atoms with van der Waals surface area (Å²) in [6.07, 6.45) is 0.780. The molecule has 1 aromatic carbocycles. The van der Waals surface area contributed by atoms with E-state index in [1.54, 1.807) is 18.2 Å². The van der Waals surface area contributed by atoms with E-state index in [0.29, 0.717) is 18.0 Å². The molecule has 5 heteroatoms. The molecule has 0 aliphatic rings. The Bertz CT molecular complexity index is 535. The molecule has 0 saturated carbocycles. The lowest BCUT2D eigenvalue weighted by atomic mass is 9.88. The van der Waals surface area contributed by atoms with Gasteiger partial charge in [0.1, 0.15) is 5.82 Å². The largest absolute Gasteiger partial charge is 0.338 e. The third-order valence-corrected chi connectivity index (χ3v) is 3.29. The van der Waals surface area contributed by atoms with Crippen molar-refractivity contribution in [3.05, 3.63) is 36.0 Å². The van der Waals surface area contributed by atoms with Crippen molar-refractivity contribution in [1.82, 2.24) is 10.1 Å². The van der Waals surface area contributed by atoms with Crippen LogP contribution in [-0.2, 0) is 5.41 Å². The molecule has 4 nitrogen and oxygen atoms in total. The summed E-state index contributed by atoms with van der Waals surface area (Å²) >= 11 is 0. The average Bonchev–Trinajstić information content (AvgIpc) is 2.88. The minimum absolute atomic E-state index is 0.260. The summed E-state index contributed by atoms with van der Waals surface area (Å²) in [6.45, 7) is 4.36. The first-order valence-electron chi connectivity index (χ1n) is 5.90. The number of hydrogen-bond acceptors (Lipinski definition) is 4. The normalized spacial score (nSPS) is 14.4. The van der Waals surface area contributed by atoms with Crippen LogP contribution in [0.1, 0.15) is 26.2 Å². The highest BCUT2D eigenvalue weighted by Gasteiger charge is 2.30. The second-order valence-corrected chi connectivity index (χ2v) is 4.52. The van der Waals surface area contributed by atoms with Crippen molar-refractivity contribution < 1.29 is 8.91 Å². The number of benzene rings is 1. The van der Waals surface area contributed by atoms with Crippen LogP contribution in [0.5, 0.6) is 0 Å². The van der Waals surface area contributed by atoms with Crippen LogP contribution >= 0.6 is 0 Å². The number of aromatic nitrogens is 2. The Hall–Kier alpha value is -1.75. The molecule has 18 heavy (non-hydrogen) atoms. The van der Waals surface area contributed by atoms with Crippen molar-refractivity contribution in [2.75, 3.05) is 6.54 Å². The van der Waals surface area contributed by atoms with E-state index < -0.39 is 0 Å². The molecule has 0 spiro atoms. The first-order valence-corrected chi connectivity index (χ1v) is 5.90. The Morgan fingerprint density at radius 2 is 2.11 bits per heavy atom. The van der Waals surface area contributed by atoms with Crippen LogP contribution in [0.3, 0.4) is 0 Å². The van der Waals surface area contributed by atoms with Gasteiger partial charge in [-0.05, 0) is 25.5 Å². The fourth-order valence-corrected chi connectivity index (χ4v) is 1.60.